The Morgan fingerprint density at radius 2 is 1.19 bits per heavy atom. The maximum Gasteiger partial charge on any atom is -0.00265 e. The molecule has 0 aromatic heterocycles. The minimum absolute atomic E-state index is 1.29. The molecule has 26 heavy (non-hydrogen) atoms. The fraction of sp³-hybridized carbons (Fsp3) is 0.0769. The molecule has 5 aromatic carbocycles. The number of rotatable bonds is 1. The second kappa shape index (κ2) is 5.71. The SMILES string of the molecule is Cc1ccc2c(-c3ccc4ccccc4c3)c3cc(C)ccc3cc2c1. The van der Waals surface area contributed by atoms with Crippen molar-refractivity contribution >= 4 is 32.3 Å². The highest BCUT2D eigenvalue weighted by molar-refractivity contribution is 6.13. The van der Waals surface area contributed by atoms with Crippen LogP contribution in [0, 0.1) is 13.8 Å². The molecule has 0 saturated heterocycles. The molecule has 0 fully saturated rings. The first-order valence-corrected chi connectivity index (χ1v) is 9.12. The fourth-order valence-electron chi connectivity index (χ4n) is 4.01. The predicted molar refractivity (Wildman–Crippen MR) is 114 cm³/mol. The van der Waals surface area contributed by atoms with Crippen molar-refractivity contribution in [2.45, 2.75) is 13.8 Å². The number of aryl methyl sites for hydroxylation is 2. The average molecular weight is 332 g/mol. The Balaban J connectivity index is 1.95. The lowest BCUT2D eigenvalue weighted by Gasteiger charge is -2.14. The van der Waals surface area contributed by atoms with E-state index in [1.807, 2.05) is 0 Å². The fourth-order valence-corrected chi connectivity index (χ4v) is 4.01. The van der Waals surface area contributed by atoms with E-state index in [9.17, 15) is 0 Å². The normalized spacial score (nSPS) is 11.5. The molecule has 0 nitrogen and oxygen atoms in total. The molecule has 0 unspecified atom stereocenters. The Hall–Kier alpha value is -3.12. The molecule has 0 aliphatic carbocycles. The Labute approximate surface area is 153 Å². The highest BCUT2D eigenvalue weighted by Crippen LogP contribution is 2.38. The van der Waals surface area contributed by atoms with Crippen molar-refractivity contribution in [2.75, 3.05) is 0 Å². The van der Waals surface area contributed by atoms with Gasteiger partial charge in [0.05, 0.1) is 0 Å². The molecule has 5 rings (SSSR count). The van der Waals surface area contributed by atoms with E-state index in [1.54, 1.807) is 0 Å². The third-order valence-electron chi connectivity index (χ3n) is 5.30. The topological polar surface area (TPSA) is 0 Å². The number of hydrogen-bond donors (Lipinski definition) is 0. The Morgan fingerprint density at radius 1 is 0.462 bits per heavy atom. The summed E-state index contributed by atoms with van der Waals surface area (Å²) in [4.78, 5) is 0. The molecule has 5 aromatic rings. The zero-order chi connectivity index (χ0) is 17.7. The maximum atomic E-state index is 2.33. The molecule has 0 heterocycles. The second-order valence-electron chi connectivity index (χ2n) is 7.26. The van der Waals surface area contributed by atoms with E-state index in [0.29, 0.717) is 0 Å². The summed E-state index contributed by atoms with van der Waals surface area (Å²) in [5, 5.41) is 7.84. The molecular weight excluding hydrogens is 312 g/mol. The third-order valence-corrected chi connectivity index (χ3v) is 5.30. The molecule has 124 valence electrons. The van der Waals surface area contributed by atoms with Gasteiger partial charge in [-0.15, -0.1) is 0 Å². The number of fused-ring (bicyclic) bond motifs is 3. The highest BCUT2D eigenvalue weighted by atomic mass is 14.1. The van der Waals surface area contributed by atoms with Gasteiger partial charge in [-0.05, 0) is 69.4 Å². The van der Waals surface area contributed by atoms with Gasteiger partial charge in [0.15, 0.2) is 0 Å². The molecule has 0 heteroatoms. The molecule has 0 aliphatic rings. The minimum Gasteiger partial charge on any atom is -0.0616 e. The standard InChI is InChI=1S/C26H20/c1-17-8-12-24-23(13-17)16-21-9-7-18(2)14-25(21)26(24)22-11-10-19-5-3-4-6-20(19)15-22/h3-16H,1-2H3. The first-order chi connectivity index (χ1) is 12.7. The van der Waals surface area contributed by atoms with Crippen LogP contribution < -0.4 is 0 Å². The van der Waals surface area contributed by atoms with E-state index < -0.39 is 0 Å². The predicted octanol–water partition coefficient (Wildman–Crippen LogP) is 7.43. The van der Waals surface area contributed by atoms with E-state index in [-0.39, 0.29) is 0 Å². The highest BCUT2D eigenvalue weighted by Gasteiger charge is 2.11. The third kappa shape index (κ3) is 2.38. The van der Waals surface area contributed by atoms with Gasteiger partial charge in [0, 0.05) is 0 Å². The zero-order valence-electron chi connectivity index (χ0n) is 15.1. The Kier molecular flexibility index (Phi) is 3.33. The monoisotopic (exact) mass is 332 g/mol. The van der Waals surface area contributed by atoms with Crippen LogP contribution in [-0.2, 0) is 0 Å². The average Bonchev–Trinajstić information content (AvgIpc) is 2.66. The van der Waals surface area contributed by atoms with Crippen molar-refractivity contribution in [1.29, 1.82) is 0 Å². The molecule has 0 N–H and O–H groups in total. The van der Waals surface area contributed by atoms with Gasteiger partial charge in [-0.3, -0.25) is 0 Å². The van der Waals surface area contributed by atoms with Gasteiger partial charge < -0.3 is 0 Å². The van der Waals surface area contributed by atoms with Crippen molar-refractivity contribution < 1.29 is 0 Å². The van der Waals surface area contributed by atoms with Crippen LogP contribution in [0.15, 0.2) is 84.9 Å². The smallest absolute Gasteiger partial charge is 0.00265 e. The van der Waals surface area contributed by atoms with Crippen molar-refractivity contribution in [3.8, 4) is 11.1 Å². The van der Waals surface area contributed by atoms with Crippen LogP contribution in [0.25, 0.3) is 43.4 Å². The summed E-state index contributed by atoms with van der Waals surface area (Å²) in [6, 6.07) is 31.3. The van der Waals surface area contributed by atoms with Crippen LogP contribution in [0.3, 0.4) is 0 Å². The molecule has 0 saturated carbocycles. The number of hydrogen-bond acceptors (Lipinski definition) is 0. The summed E-state index contributed by atoms with van der Waals surface area (Å²) in [6.07, 6.45) is 0. The van der Waals surface area contributed by atoms with Gasteiger partial charge in [-0.2, -0.15) is 0 Å². The van der Waals surface area contributed by atoms with Crippen LogP contribution in [0.4, 0.5) is 0 Å². The van der Waals surface area contributed by atoms with Crippen LogP contribution in [0.5, 0.6) is 0 Å². The van der Waals surface area contributed by atoms with Crippen molar-refractivity contribution in [3.05, 3.63) is 96.1 Å². The van der Waals surface area contributed by atoms with E-state index in [4.69, 9.17) is 0 Å². The second-order valence-corrected chi connectivity index (χ2v) is 7.26. The molecule has 0 atom stereocenters. The van der Waals surface area contributed by atoms with Gasteiger partial charge in [0.25, 0.3) is 0 Å². The molecule has 0 bridgehead atoms. The Morgan fingerprint density at radius 3 is 2.08 bits per heavy atom. The number of benzene rings is 5. The van der Waals surface area contributed by atoms with E-state index in [2.05, 4.69) is 98.8 Å². The summed E-state index contributed by atoms with van der Waals surface area (Å²) in [7, 11) is 0. The van der Waals surface area contributed by atoms with Gasteiger partial charge in [0.2, 0.25) is 0 Å². The molecule has 0 amide bonds. The zero-order valence-corrected chi connectivity index (χ0v) is 15.1. The van der Waals surface area contributed by atoms with E-state index in [1.165, 1.54) is 54.6 Å². The summed E-state index contributed by atoms with van der Waals surface area (Å²) >= 11 is 0. The maximum absolute atomic E-state index is 2.33. The van der Waals surface area contributed by atoms with Crippen molar-refractivity contribution in [1.82, 2.24) is 0 Å². The summed E-state index contributed by atoms with van der Waals surface area (Å²) in [6.45, 7) is 4.33. The molecular formula is C26H20. The van der Waals surface area contributed by atoms with Gasteiger partial charge in [-0.1, -0.05) is 83.9 Å². The van der Waals surface area contributed by atoms with Crippen LogP contribution in [0.1, 0.15) is 11.1 Å². The van der Waals surface area contributed by atoms with Crippen LogP contribution in [-0.4, -0.2) is 0 Å². The largest absolute Gasteiger partial charge is 0.0616 e. The first-order valence-electron chi connectivity index (χ1n) is 9.12. The molecule has 0 aliphatic heterocycles. The van der Waals surface area contributed by atoms with Crippen LogP contribution >= 0.6 is 0 Å². The quantitative estimate of drug-likeness (QED) is 0.280. The van der Waals surface area contributed by atoms with Crippen LogP contribution in [0.2, 0.25) is 0 Å². The van der Waals surface area contributed by atoms with Crippen molar-refractivity contribution in [3.63, 3.8) is 0 Å². The first kappa shape index (κ1) is 15.2. The molecule has 0 spiro atoms. The summed E-state index contributed by atoms with van der Waals surface area (Å²) in [5.74, 6) is 0. The Bertz CT molecular complexity index is 1290. The van der Waals surface area contributed by atoms with E-state index >= 15 is 0 Å². The summed E-state index contributed by atoms with van der Waals surface area (Å²) < 4.78 is 0. The lowest BCUT2D eigenvalue weighted by molar-refractivity contribution is 1.50. The minimum atomic E-state index is 1.29. The molecule has 0 radical (unpaired) electrons. The summed E-state index contributed by atoms with van der Waals surface area (Å²) in [5.41, 5.74) is 5.22. The van der Waals surface area contributed by atoms with Gasteiger partial charge in [-0.25, -0.2) is 0 Å². The van der Waals surface area contributed by atoms with E-state index in [0.717, 1.165) is 0 Å². The van der Waals surface area contributed by atoms with Crippen molar-refractivity contribution in [2.24, 2.45) is 0 Å². The van der Waals surface area contributed by atoms with Gasteiger partial charge in [0.1, 0.15) is 0 Å². The lowest BCUT2D eigenvalue weighted by atomic mass is 9.90. The van der Waals surface area contributed by atoms with Gasteiger partial charge >= 0.3 is 0 Å². The lowest BCUT2D eigenvalue weighted by Crippen LogP contribution is -1.88.